The highest BCUT2D eigenvalue weighted by atomic mass is 32.1. The number of anilines is 1. The van der Waals surface area contributed by atoms with Gasteiger partial charge in [-0.05, 0) is 29.8 Å². The summed E-state index contributed by atoms with van der Waals surface area (Å²) in [6, 6.07) is 9.24. The van der Waals surface area contributed by atoms with Gasteiger partial charge < -0.3 is 0 Å². The van der Waals surface area contributed by atoms with E-state index in [1.165, 1.54) is 37.5 Å². The zero-order valence-corrected chi connectivity index (χ0v) is 16.8. The molecule has 3 amide bonds. The van der Waals surface area contributed by atoms with Crippen molar-refractivity contribution in [1.82, 2.24) is 9.88 Å². The first-order chi connectivity index (χ1) is 14.6. The number of rotatable bonds is 4. The lowest BCUT2D eigenvalue weighted by molar-refractivity contribution is -0.137. The average Bonchev–Trinajstić information content (AvgIpc) is 3.25. The van der Waals surface area contributed by atoms with Gasteiger partial charge in [0.2, 0.25) is 0 Å². The molecule has 31 heavy (non-hydrogen) atoms. The molecule has 1 aliphatic heterocycles. The summed E-state index contributed by atoms with van der Waals surface area (Å²) in [5.41, 5.74) is 0.330. The Hall–Kier alpha value is -3.53. The zero-order chi connectivity index (χ0) is 22.3. The quantitative estimate of drug-likeness (QED) is 0.610. The summed E-state index contributed by atoms with van der Waals surface area (Å²) in [5, 5.41) is 2.88. The number of imide groups is 1. The van der Waals surface area contributed by atoms with Gasteiger partial charge in [0.15, 0.2) is 5.13 Å². The van der Waals surface area contributed by atoms with Crippen molar-refractivity contribution in [2.45, 2.75) is 12.6 Å². The maximum Gasteiger partial charge on any atom is 0.416 e. The van der Waals surface area contributed by atoms with Crippen molar-refractivity contribution in [2.75, 3.05) is 12.4 Å². The van der Waals surface area contributed by atoms with Crippen molar-refractivity contribution in [2.24, 2.45) is 0 Å². The summed E-state index contributed by atoms with van der Waals surface area (Å²) in [7, 11) is 1.37. The lowest BCUT2D eigenvalue weighted by atomic mass is 10.1. The number of hydrogen-bond donors (Lipinski definition) is 1. The van der Waals surface area contributed by atoms with Crippen LogP contribution in [-0.2, 0) is 12.6 Å². The third-order valence-corrected chi connectivity index (χ3v) is 5.67. The average molecular weight is 445 g/mol. The largest absolute Gasteiger partial charge is 0.416 e. The van der Waals surface area contributed by atoms with Gasteiger partial charge in [-0.15, -0.1) is 11.3 Å². The third kappa shape index (κ3) is 4.06. The number of benzene rings is 2. The number of nitrogens with zero attached hydrogens (tertiary/aromatic N) is 2. The summed E-state index contributed by atoms with van der Waals surface area (Å²) < 4.78 is 38.6. The standard InChI is InChI=1S/C21H14F3N3O3S/c1-27-18(29)15-6-5-12(9-16(15)19(27)30)17(28)26-20-25-10-14(31-20)8-11-3-2-4-13(7-11)21(22,23)24/h2-7,9-10H,8H2,1H3,(H,25,26,28). The zero-order valence-electron chi connectivity index (χ0n) is 16.0. The molecule has 0 saturated heterocycles. The molecule has 1 aromatic heterocycles. The second-order valence-corrected chi connectivity index (χ2v) is 8.01. The van der Waals surface area contributed by atoms with Crippen LogP contribution in [0.15, 0.2) is 48.7 Å². The molecule has 0 atom stereocenters. The Morgan fingerprint density at radius 1 is 1.10 bits per heavy atom. The number of halogens is 3. The van der Waals surface area contributed by atoms with Gasteiger partial charge in [0.1, 0.15) is 0 Å². The molecular formula is C21H14F3N3O3S. The number of thiazole rings is 1. The van der Waals surface area contributed by atoms with E-state index in [1.807, 2.05) is 0 Å². The normalized spacial score (nSPS) is 13.5. The molecule has 2 aromatic carbocycles. The van der Waals surface area contributed by atoms with E-state index in [0.29, 0.717) is 10.4 Å². The van der Waals surface area contributed by atoms with Gasteiger partial charge in [-0.3, -0.25) is 24.6 Å². The Bertz CT molecular complexity index is 1220. The number of alkyl halides is 3. The fraction of sp³-hybridized carbons (Fsp3) is 0.143. The van der Waals surface area contributed by atoms with Crippen LogP contribution in [0.1, 0.15) is 47.1 Å². The topological polar surface area (TPSA) is 79.4 Å². The minimum atomic E-state index is -4.42. The van der Waals surface area contributed by atoms with Crippen LogP contribution in [0, 0.1) is 0 Å². The fourth-order valence-electron chi connectivity index (χ4n) is 3.18. The number of hydrogen-bond acceptors (Lipinski definition) is 5. The van der Waals surface area contributed by atoms with E-state index >= 15 is 0 Å². The Labute approximate surface area is 178 Å². The Morgan fingerprint density at radius 2 is 1.84 bits per heavy atom. The van der Waals surface area contributed by atoms with E-state index in [9.17, 15) is 27.6 Å². The summed E-state index contributed by atoms with van der Waals surface area (Å²) in [4.78, 5) is 42.3. The third-order valence-electron chi connectivity index (χ3n) is 4.76. The second kappa shape index (κ2) is 7.62. The molecule has 0 spiro atoms. The molecule has 0 fully saturated rings. The van der Waals surface area contributed by atoms with Gasteiger partial charge in [0.25, 0.3) is 17.7 Å². The Morgan fingerprint density at radius 3 is 2.58 bits per heavy atom. The van der Waals surface area contributed by atoms with Crippen molar-refractivity contribution in [3.8, 4) is 0 Å². The van der Waals surface area contributed by atoms with Crippen molar-refractivity contribution in [3.63, 3.8) is 0 Å². The van der Waals surface area contributed by atoms with Crippen molar-refractivity contribution >= 4 is 34.2 Å². The van der Waals surface area contributed by atoms with E-state index in [2.05, 4.69) is 10.3 Å². The van der Waals surface area contributed by atoms with Crippen LogP contribution in [0.25, 0.3) is 0 Å². The Kier molecular flexibility index (Phi) is 5.10. The van der Waals surface area contributed by atoms with E-state index in [0.717, 1.165) is 28.4 Å². The summed E-state index contributed by atoms with van der Waals surface area (Å²) >= 11 is 1.14. The first kappa shape index (κ1) is 20.7. The first-order valence-electron chi connectivity index (χ1n) is 9.02. The highest BCUT2D eigenvalue weighted by molar-refractivity contribution is 7.15. The molecule has 158 valence electrons. The van der Waals surface area contributed by atoms with Crippen LogP contribution in [0.4, 0.5) is 18.3 Å². The van der Waals surface area contributed by atoms with Gasteiger partial charge >= 0.3 is 6.18 Å². The van der Waals surface area contributed by atoms with Gasteiger partial charge in [0.05, 0.1) is 16.7 Å². The molecule has 0 bridgehead atoms. The predicted octanol–water partition coefficient (Wildman–Crippen LogP) is 4.23. The maximum absolute atomic E-state index is 12.9. The van der Waals surface area contributed by atoms with Crippen LogP contribution in [0.3, 0.4) is 0 Å². The number of amides is 3. The molecular weight excluding hydrogens is 431 g/mol. The molecule has 3 aromatic rings. The molecule has 2 heterocycles. The summed E-state index contributed by atoms with van der Waals surface area (Å²) in [6.07, 6.45) is -2.70. The molecule has 1 aliphatic rings. The van der Waals surface area contributed by atoms with E-state index < -0.39 is 29.5 Å². The van der Waals surface area contributed by atoms with Crippen molar-refractivity contribution in [3.05, 3.63) is 81.4 Å². The van der Waals surface area contributed by atoms with Gasteiger partial charge in [0, 0.05) is 30.1 Å². The molecule has 6 nitrogen and oxygen atoms in total. The molecule has 10 heteroatoms. The fourth-order valence-corrected chi connectivity index (χ4v) is 4.02. The Balaban J connectivity index is 1.47. The van der Waals surface area contributed by atoms with Gasteiger partial charge in [-0.1, -0.05) is 18.2 Å². The minimum absolute atomic E-state index is 0.157. The van der Waals surface area contributed by atoms with Gasteiger partial charge in [-0.25, -0.2) is 4.98 Å². The van der Waals surface area contributed by atoms with Crippen LogP contribution in [-0.4, -0.2) is 34.7 Å². The monoisotopic (exact) mass is 445 g/mol. The molecule has 4 rings (SSSR count). The van der Waals surface area contributed by atoms with E-state index in [4.69, 9.17) is 0 Å². The maximum atomic E-state index is 12.9. The smallest absolute Gasteiger partial charge is 0.298 e. The lowest BCUT2D eigenvalue weighted by Crippen LogP contribution is -2.24. The summed E-state index contributed by atoms with van der Waals surface area (Å²) in [6.45, 7) is 0. The van der Waals surface area contributed by atoms with E-state index in [1.54, 1.807) is 6.07 Å². The predicted molar refractivity (Wildman–Crippen MR) is 107 cm³/mol. The number of aromatic nitrogens is 1. The van der Waals surface area contributed by atoms with Crippen LogP contribution in [0.5, 0.6) is 0 Å². The number of carbonyl (C=O) groups is 3. The van der Waals surface area contributed by atoms with Crippen molar-refractivity contribution in [1.29, 1.82) is 0 Å². The number of carbonyl (C=O) groups excluding carboxylic acids is 3. The van der Waals surface area contributed by atoms with Crippen LogP contribution >= 0.6 is 11.3 Å². The van der Waals surface area contributed by atoms with Crippen molar-refractivity contribution < 1.29 is 27.6 Å². The molecule has 0 radical (unpaired) electrons. The van der Waals surface area contributed by atoms with E-state index in [-0.39, 0.29) is 28.2 Å². The second-order valence-electron chi connectivity index (χ2n) is 6.89. The molecule has 0 saturated carbocycles. The lowest BCUT2D eigenvalue weighted by Gasteiger charge is -2.07. The summed E-state index contributed by atoms with van der Waals surface area (Å²) in [5.74, 6) is -1.42. The highest BCUT2D eigenvalue weighted by Crippen LogP contribution is 2.31. The van der Waals surface area contributed by atoms with Crippen LogP contribution in [0.2, 0.25) is 0 Å². The highest BCUT2D eigenvalue weighted by Gasteiger charge is 2.33. The first-order valence-corrected chi connectivity index (χ1v) is 9.84. The number of nitrogens with one attached hydrogen (secondary N) is 1. The number of fused-ring (bicyclic) bond motifs is 1. The molecule has 1 N–H and O–H groups in total. The van der Waals surface area contributed by atoms with Crippen LogP contribution < -0.4 is 5.32 Å². The molecule has 0 unspecified atom stereocenters. The van der Waals surface area contributed by atoms with Gasteiger partial charge in [-0.2, -0.15) is 13.2 Å². The SMILES string of the molecule is CN1C(=O)c2ccc(C(=O)Nc3ncc(Cc4cccc(C(F)(F)F)c4)s3)cc2C1=O. The minimum Gasteiger partial charge on any atom is -0.298 e. The molecule has 0 aliphatic carbocycles.